The van der Waals surface area contributed by atoms with Crippen LogP contribution in [0.4, 0.5) is 8.78 Å². The molecule has 2 amide bonds. The van der Waals surface area contributed by atoms with E-state index in [1.54, 1.807) is 12.1 Å². The van der Waals surface area contributed by atoms with Gasteiger partial charge in [0.15, 0.2) is 0 Å². The number of ether oxygens (including phenoxy) is 1. The number of carbonyl (C=O) groups is 2. The molecule has 0 unspecified atom stereocenters. The Hall–Kier alpha value is -2.96. The largest absolute Gasteiger partial charge is 0.493 e. The lowest BCUT2D eigenvalue weighted by Crippen LogP contribution is -2.42. The van der Waals surface area contributed by atoms with Crippen molar-refractivity contribution in [2.24, 2.45) is 5.92 Å². The topological polar surface area (TPSA) is 49.9 Å². The Morgan fingerprint density at radius 3 is 2.31 bits per heavy atom. The van der Waals surface area contributed by atoms with Crippen LogP contribution in [0.5, 0.6) is 5.75 Å². The Morgan fingerprint density at radius 2 is 1.56 bits per heavy atom. The summed E-state index contributed by atoms with van der Waals surface area (Å²) in [6.07, 6.45) is 4.84. The van der Waals surface area contributed by atoms with Gasteiger partial charge in [-0.2, -0.15) is 0 Å². The first kappa shape index (κ1) is 22.2. The smallest absolute Gasteiger partial charge is 0.259 e. The maximum atomic E-state index is 14.0. The number of carbonyl (C=O) groups excluding carboxylic acids is 2. The van der Waals surface area contributed by atoms with Crippen LogP contribution in [-0.4, -0.2) is 54.4 Å². The number of rotatable bonds is 5. The molecule has 0 saturated carbocycles. The molecule has 0 N–H and O–H groups in total. The first-order valence-corrected chi connectivity index (χ1v) is 11.3. The second-order valence-corrected chi connectivity index (χ2v) is 8.55. The number of amides is 2. The predicted molar refractivity (Wildman–Crippen MR) is 117 cm³/mol. The molecule has 2 aromatic carbocycles. The van der Waals surface area contributed by atoms with E-state index < -0.39 is 23.1 Å². The van der Waals surface area contributed by atoms with E-state index in [4.69, 9.17) is 4.74 Å². The van der Waals surface area contributed by atoms with Gasteiger partial charge in [-0.1, -0.05) is 12.1 Å². The Bertz CT molecular complexity index is 955. The summed E-state index contributed by atoms with van der Waals surface area (Å²) in [5.74, 6) is -1.64. The minimum atomic E-state index is -0.844. The average molecular weight is 443 g/mol. The first-order valence-electron chi connectivity index (χ1n) is 11.3. The molecule has 2 heterocycles. The third-order valence-corrected chi connectivity index (χ3v) is 6.19. The molecule has 0 bridgehead atoms. The number of hydrogen-bond acceptors (Lipinski definition) is 3. The second-order valence-electron chi connectivity index (χ2n) is 8.55. The fourth-order valence-electron chi connectivity index (χ4n) is 4.46. The third-order valence-electron chi connectivity index (χ3n) is 6.19. The molecule has 32 heavy (non-hydrogen) atoms. The average Bonchev–Trinajstić information content (AvgIpc) is 2.83. The second kappa shape index (κ2) is 10.1. The summed E-state index contributed by atoms with van der Waals surface area (Å²) < 4.78 is 34.0. The fraction of sp³-hybridized carbons (Fsp3) is 0.440. The normalized spacial score (nSPS) is 19.0. The highest BCUT2D eigenvalue weighted by molar-refractivity contribution is 5.95. The molecular formula is C25H28F2N2O3. The minimum Gasteiger partial charge on any atom is -0.493 e. The highest BCUT2D eigenvalue weighted by atomic mass is 19.1. The molecule has 7 heteroatoms. The van der Waals surface area contributed by atoms with E-state index in [2.05, 4.69) is 0 Å². The van der Waals surface area contributed by atoms with Gasteiger partial charge in [-0.3, -0.25) is 9.59 Å². The van der Waals surface area contributed by atoms with Gasteiger partial charge in [0.1, 0.15) is 22.9 Å². The van der Waals surface area contributed by atoms with Crippen molar-refractivity contribution in [2.75, 3.05) is 32.8 Å². The first-order chi connectivity index (χ1) is 15.5. The quantitative estimate of drug-likeness (QED) is 0.684. The summed E-state index contributed by atoms with van der Waals surface area (Å²) >= 11 is 0. The summed E-state index contributed by atoms with van der Waals surface area (Å²) in [7, 11) is 0. The van der Waals surface area contributed by atoms with Crippen LogP contribution in [0.25, 0.3) is 0 Å². The molecule has 0 radical (unpaired) electrons. The van der Waals surface area contributed by atoms with Crippen molar-refractivity contribution in [3.8, 4) is 5.75 Å². The van der Waals surface area contributed by atoms with Gasteiger partial charge in [-0.05, 0) is 62.4 Å². The van der Waals surface area contributed by atoms with Crippen molar-refractivity contribution in [3.63, 3.8) is 0 Å². The highest BCUT2D eigenvalue weighted by Gasteiger charge is 2.28. The Morgan fingerprint density at radius 1 is 0.875 bits per heavy atom. The molecular weight excluding hydrogens is 414 g/mol. The molecule has 0 spiro atoms. The zero-order chi connectivity index (χ0) is 22.5. The van der Waals surface area contributed by atoms with Crippen LogP contribution in [0.2, 0.25) is 0 Å². The Kier molecular flexibility index (Phi) is 7.02. The van der Waals surface area contributed by atoms with Crippen molar-refractivity contribution in [1.82, 2.24) is 9.80 Å². The van der Waals surface area contributed by atoms with E-state index in [1.165, 1.54) is 11.0 Å². The van der Waals surface area contributed by atoms with Crippen molar-refractivity contribution in [2.45, 2.75) is 32.1 Å². The molecule has 2 aliphatic rings. The highest BCUT2D eigenvalue weighted by Crippen LogP contribution is 2.23. The minimum absolute atomic E-state index is 0.0245. The zero-order valence-electron chi connectivity index (χ0n) is 18.1. The molecule has 4 rings (SSSR count). The van der Waals surface area contributed by atoms with Crippen molar-refractivity contribution in [1.29, 1.82) is 0 Å². The van der Waals surface area contributed by atoms with Crippen molar-refractivity contribution in [3.05, 3.63) is 65.2 Å². The number of nitrogens with zero attached hydrogens (tertiary/aromatic N) is 2. The number of hydrogen-bond donors (Lipinski definition) is 0. The predicted octanol–water partition coefficient (Wildman–Crippen LogP) is 4.52. The molecule has 5 nitrogen and oxygen atoms in total. The lowest BCUT2D eigenvalue weighted by molar-refractivity contribution is 0.0622. The van der Waals surface area contributed by atoms with Crippen LogP contribution in [0.15, 0.2) is 42.5 Å². The molecule has 0 aliphatic carbocycles. The Balaban J connectivity index is 1.36. The summed E-state index contributed by atoms with van der Waals surface area (Å²) in [5.41, 5.74) is 0.109. The monoisotopic (exact) mass is 442 g/mol. The standard InChI is InChI=1S/C25H28F2N2O3/c26-21-10-5-11-22(27)23(21)25(31)29-14-6-7-18(16-29)17-32-20-9-4-8-19(15-20)24(30)28-12-2-1-3-13-28/h4-5,8-11,15,18H,1-3,6-7,12-14,16-17H2/t18-/m1/s1. The van der Waals surface area contributed by atoms with E-state index >= 15 is 0 Å². The zero-order valence-corrected chi connectivity index (χ0v) is 18.1. The van der Waals surface area contributed by atoms with Gasteiger partial charge in [-0.25, -0.2) is 8.78 Å². The van der Waals surface area contributed by atoms with Crippen LogP contribution in [0.3, 0.4) is 0 Å². The van der Waals surface area contributed by atoms with E-state index in [9.17, 15) is 18.4 Å². The molecule has 0 aromatic heterocycles. The summed E-state index contributed by atoms with van der Waals surface area (Å²) in [6.45, 7) is 2.78. The van der Waals surface area contributed by atoms with Crippen molar-refractivity contribution < 1.29 is 23.1 Å². The SMILES string of the molecule is O=C(c1cccc(OC[C@@H]2CCCN(C(=O)c3c(F)cccc3F)C2)c1)N1CCCCC1. The van der Waals surface area contributed by atoms with Gasteiger partial charge in [0, 0.05) is 37.7 Å². The number of benzene rings is 2. The van der Waals surface area contributed by atoms with Crippen LogP contribution >= 0.6 is 0 Å². The van der Waals surface area contributed by atoms with Crippen molar-refractivity contribution >= 4 is 11.8 Å². The van der Waals surface area contributed by atoms with Gasteiger partial charge < -0.3 is 14.5 Å². The molecule has 170 valence electrons. The van der Waals surface area contributed by atoms with E-state index in [-0.39, 0.29) is 11.8 Å². The van der Waals surface area contributed by atoms with Gasteiger partial charge in [0.25, 0.3) is 11.8 Å². The van der Waals surface area contributed by atoms with Crippen LogP contribution in [-0.2, 0) is 0 Å². The van der Waals surface area contributed by atoms with Gasteiger partial charge in [-0.15, -0.1) is 0 Å². The maximum Gasteiger partial charge on any atom is 0.259 e. The summed E-state index contributed by atoms with van der Waals surface area (Å²) in [4.78, 5) is 28.8. The summed E-state index contributed by atoms with van der Waals surface area (Å²) in [5, 5.41) is 0. The number of likely N-dealkylation sites (tertiary alicyclic amines) is 2. The maximum absolute atomic E-state index is 14.0. The van der Waals surface area contributed by atoms with Crippen LogP contribution in [0, 0.1) is 17.6 Å². The molecule has 2 fully saturated rings. The fourth-order valence-corrected chi connectivity index (χ4v) is 4.46. The van der Waals surface area contributed by atoms with Crippen LogP contribution < -0.4 is 4.74 Å². The van der Waals surface area contributed by atoms with Crippen LogP contribution in [0.1, 0.15) is 52.8 Å². The molecule has 1 atom stereocenters. The Labute approximate surface area is 187 Å². The number of halogens is 2. The third kappa shape index (κ3) is 5.09. The van der Waals surface area contributed by atoms with Gasteiger partial charge in [0.05, 0.1) is 6.61 Å². The van der Waals surface area contributed by atoms with E-state index in [0.29, 0.717) is 31.0 Å². The van der Waals surface area contributed by atoms with E-state index in [0.717, 1.165) is 57.3 Å². The summed E-state index contributed by atoms with van der Waals surface area (Å²) in [6, 6.07) is 10.6. The number of piperidine rings is 2. The molecule has 2 saturated heterocycles. The lowest BCUT2D eigenvalue weighted by Gasteiger charge is -2.33. The molecule has 2 aliphatic heterocycles. The lowest BCUT2D eigenvalue weighted by atomic mass is 9.98. The van der Waals surface area contributed by atoms with Gasteiger partial charge in [0.2, 0.25) is 0 Å². The molecule has 2 aromatic rings. The van der Waals surface area contributed by atoms with Gasteiger partial charge >= 0.3 is 0 Å². The van der Waals surface area contributed by atoms with E-state index in [1.807, 2.05) is 17.0 Å².